The Bertz CT molecular complexity index is 1580. The summed E-state index contributed by atoms with van der Waals surface area (Å²) in [7, 11) is 3.58. The molecule has 2 N–H and O–H groups in total. The van der Waals surface area contributed by atoms with Gasteiger partial charge in [0.15, 0.2) is 0 Å². The van der Waals surface area contributed by atoms with Crippen molar-refractivity contribution in [1.29, 1.82) is 0 Å². The number of carbonyl (C=O) groups excluding carboxylic acids is 1. The highest BCUT2D eigenvalue weighted by Gasteiger charge is 2.27. The first kappa shape index (κ1) is 27.7. The predicted octanol–water partition coefficient (Wildman–Crippen LogP) is 5.36. The monoisotopic (exact) mass is 566 g/mol. The fourth-order valence-corrected chi connectivity index (χ4v) is 6.18. The van der Waals surface area contributed by atoms with Crippen molar-refractivity contribution in [3.05, 3.63) is 61.6 Å². The first-order valence-electron chi connectivity index (χ1n) is 14.7. The van der Waals surface area contributed by atoms with Crippen molar-refractivity contribution in [2.75, 3.05) is 48.8 Å². The van der Waals surface area contributed by atoms with Crippen molar-refractivity contribution in [3.8, 4) is 17.0 Å². The van der Waals surface area contributed by atoms with E-state index in [1.807, 2.05) is 48.3 Å². The zero-order valence-corrected chi connectivity index (χ0v) is 24.3. The highest BCUT2D eigenvalue weighted by molar-refractivity contribution is 6.02. The Labute approximate surface area is 246 Å². The summed E-state index contributed by atoms with van der Waals surface area (Å²) < 4.78 is 7.68. The molecule has 4 aromatic rings. The van der Waals surface area contributed by atoms with Crippen LogP contribution >= 0.6 is 0 Å². The van der Waals surface area contributed by atoms with E-state index in [2.05, 4.69) is 48.1 Å². The van der Waals surface area contributed by atoms with Crippen LogP contribution in [0.5, 0.6) is 5.75 Å². The van der Waals surface area contributed by atoms with E-state index in [-0.39, 0.29) is 5.91 Å². The second kappa shape index (κ2) is 12.2. The minimum atomic E-state index is -0.259. The molecular weight excluding hydrogens is 528 g/mol. The molecule has 0 saturated carbocycles. The van der Waals surface area contributed by atoms with Gasteiger partial charge in [-0.05, 0) is 63.0 Å². The fraction of sp³-hybridized carbons (Fsp3) is 0.375. The Hall–Kier alpha value is -4.44. The molecule has 2 fully saturated rings. The molecule has 0 unspecified atom stereocenters. The van der Waals surface area contributed by atoms with E-state index in [1.165, 1.54) is 38.4 Å². The van der Waals surface area contributed by atoms with Crippen molar-refractivity contribution in [1.82, 2.24) is 24.6 Å². The fourth-order valence-electron chi connectivity index (χ4n) is 6.18. The maximum atomic E-state index is 12.5. The summed E-state index contributed by atoms with van der Waals surface area (Å²) >= 11 is 0. The van der Waals surface area contributed by atoms with E-state index in [4.69, 9.17) is 4.74 Å². The van der Waals surface area contributed by atoms with Gasteiger partial charge in [0.2, 0.25) is 5.91 Å². The van der Waals surface area contributed by atoms with Gasteiger partial charge in [0.1, 0.15) is 17.9 Å². The molecule has 0 radical (unpaired) electrons. The van der Waals surface area contributed by atoms with Gasteiger partial charge in [-0.15, -0.1) is 0 Å². The number of nitrogens with one attached hydrogen (secondary N) is 2. The molecule has 0 atom stereocenters. The van der Waals surface area contributed by atoms with Crippen LogP contribution in [-0.2, 0) is 11.8 Å². The molecule has 42 heavy (non-hydrogen) atoms. The lowest BCUT2D eigenvalue weighted by Crippen LogP contribution is -2.46. The molecular formula is C32H38N8O2. The maximum absolute atomic E-state index is 12.5. The number of piperidine rings is 2. The highest BCUT2D eigenvalue weighted by Crippen LogP contribution is 2.40. The van der Waals surface area contributed by atoms with Crippen molar-refractivity contribution in [3.63, 3.8) is 0 Å². The summed E-state index contributed by atoms with van der Waals surface area (Å²) in [4.78, 5) is 26.4. The lowest BCUT2D eigenvalue weighted by atomic mass is 9.99. The molecule has 0 spiro atoms. The van der Waals surface area contributed by atoms with Crippen LogP contribution < -0.4 is 20.3 Å². The quantitative estimate of drug-likeness (QED) is 0.275. The van der Waals surface area contributed by atoms with Crippen LogP contribution in [-0.4, -0.2) is 69.9 Å². The number of ether oxygens (including phenoxy) is 1. The Morgan fingerprint density at radius 3 is 2.60 bits per heavy atom. The van der Waals surface area contributed by atoms with E-state index in [1.54, 1.807) is 13.4 Å². The van der Waals surface area contributed by atoms with Crippen LogP contribution in [0.4, 0.5) is 22.9 Å². The number of anilines is 4. The van der Waals surface area contributed by atoms with Crippen molar-refractivity contribution in [2.45, 2.75) is 38.1 Å². The van der Waals surface area contributed by atoms with Crippen molar-refractivity contribution in [2.24, 2.45) is 7.05 Å². The SMILES string of the molecule is C=CC(=O)Nc1cc(Nc2cc(-c3ccc4c(cnn4C)c3)ncn2)c(OC)cc1N1CCC(N2CCCCC2)CC1. The minimum absolute atomic E-state index is 0.259. The van der Waals surface area contributed by atoms with Gasteiger partial charge in [0, 0.05) is 49.3 Å². The maximum Gasteiger partial charge on any atom is 0.247 e. The van der Waals surface area contributed by atoms with Gasteiger partial charge in [-0.2, -0.15) is 5.10 Å². The van der Waals surface area contributed by atoms with Gasteiger partial charge in [0.25, 0.3) is 0 Å². The molecule has 6 rings (SSSR count). The summed E-state index contributed by atoms with van der Waals surface area (Å²) in [5.41, 5.74) is 5.14. The topological polar surface area (TPSA) is 100 Å². The standard InChI is InChI=1S/C32H38N8O2/c1-4-32(41)37-26-17-27(30(42-3)19-29(26)40-14-10-24(11-15-40)39-12-6-5-7-13-39)36-31-18-25(33-21-34-31)22-8-9-28-23(16-22)20-35-38(28)2/h4,8-9,16-21,24H,1,5-7,10-15H2,2-3H3,(H,37,41)(H,33,34,36). The normalized spacial score (nSPS) is 16.4. The zero-order valence-electron chi connectivity index (χ0n) is 24.3. The first-order chi connectivity index (χ1) is 20.5. The van der Waals surface area contributed by atoms with E-state index >= 15 is 0 Å². The van der Waals surface area contributed by atoms with Crippen molar-refractivity contribution >= 4 is 39.7 Å². The van der Waals surface area contributed by atoms with Crippen LogP contribution in [0.2, 0.25) is 0 Å². The van der Waals surface area contributed by atoms with Crippen molar-refractivity contribution < 1.29 is 9.53 Å². The molecule has 2 aliphatic rings. The number of aryl methyl sites for hydroxylation is 1. The second-order valence-electron chi connectivity index (χ2n) is 11.0. The smallest absolute Gasteiger partial charge is 0.247 e. The molecule has 10 nitrogen and oxygen atoms in total. The number of amides is 1. The third-order valence-electron chi connectivity index (χ3n) is 8.45. The number of likely N-dealkylation sites (tertiary alicyclic amines) is 1. The molecule has 2 saturated heterocycles. The summed E-state index contributed by atoms with van der Waals surface area (Å²) in [5, 5.41) is 11.8. The van der Waals surface area contributed by atoms with Gasteiger partial charge in [-0.25, -0.2) is 9.97 Å². The lowest BCUT2D eigenvalue weighted by molar-refractivity contribution is -0.111. The Morgan fingerprint density at radius 1 is 1.02 bits per heavy atom. The number of fused-ring (bicyclic) bond motifs is 1. The summed E-state index contributed by atoms with van der Waals surface area (Å²) in [6, 6.07) is 12.6. The Balaban J connectivity index is 1.26. The van der Waals surface area contributed by atoms with Gasteiger partial charge in [-0.3, -0.25) is 9.48 Å². The molecule has 4 heterocycles. The van der Waals surface area contributed by atoms with Crippen LogP contribution in [0.25, 0.3) is 22.2 Å². The van der Waals surface area contributed by atoms with Crippen LogP contribution in [0, 0.1) is 0 Å². The molecule has 0 bridgehead atoms. The Kier molecular flexibility index (Phi) is 8.05. The summed E-state index contributed by atoms with van der Waals surface area (Å²) in [6.45, 7) is 7.91. The van der Waals surface area contributed by atoms with E-state index in [0.29, 0.717) is 29.0 Å². The van der Waals surface area contributed by atoms with E-state index in [9.17, 15) is 4.79 Å². The third kappa shape index (κ3) is 5.80. The molecule has 0 aliphatic carbocycles. The molecule has 2 aromatic heterocycles. The molecule has 2 aliphatic heterocycles. The zero-order chi connectivity index (χ0) is 29.1. The summed E-state index contributed by atoms with van der Waals surface area (Å²) in [5.74, 6) is 1.02. The average Bonchev–Trinajstić information content (AvgIpc) is 3.41. The van der Waals surface area contributed by atoms with Gasteiger partial charge >= 0.3 is 0 Å². The van der Waals surface area contributed by atoms with Crippen LogP contribution in [0.3, 0.4) is 0 Å². The van der Waals surface area contributed by atoms with Gasteiger partial charge < -0.3 is 25.2 Å². The number of hydrogen-bond acceptors (Lipinski definition) is 8. The molecule has 218 valence electrons. The number of aromatic nitrogens is 4. The largest absolute Gasteiger partial charge is 0.494 e. The number of benzene rings is 2. The third-order valence-corrected chi connectivity index (χ3v) is 8.45. The first-order valence-corrected chi connectivity index (χ1v) is 14.7. The number of carbonyl (C=O) groups is 1. The molecule has 1 amide bonds. The van der Waals surface area contributed by atoms with Crippen LogP contribution in [0.1, 0.15) is 32.1 Å². The van der Waals surface area contributed by atoms with Crippen LogP contribution in [0.15, 0.2) is 61.6 Å². The molecule has 10 heteroatoms. The minimum Gasteiger partial charge on any atom is -0.494 e. The number of rotatable bonds is 8. The molecule has 2 aromatic carbocycles. The van der Waals surface area contributed by atoms with Gasteiger partial charge in [0.05, 0.1) is 41.6 Å². The number of nitrogens with zero attached hydrogens (tertiary/aromatic N) is 6. The van der Waals surface area contributed by atoms with E-state index in [0.717, 1.165) is 53.8 Å². The van der Waals surface area contributed by atoms with Gasteiger partial charge in [-0.1, -0.05) is 19.1 Å². The number of hydrogen-bond donors (Lipinski definition) is 2. The summed E-state index contributed by atoms with van der Waals surface area (Å²) in [6.07, 6.45) is 10.8. The van der Waals surface area contributed by atoms with E-state index < -0.39 is 0 Å². The lowest BCUT2D eigenvalue weighted by Gasteiger charge is -2.41. The Morgan fingerprint density at radius 2 is 1.83 bits per heavy atom. The highest BCUT2D eigenvalue weighted by atomic mass is 16.5. The second-order valence-corrected chi connectivity index (χ2v) is 11.0. The average molecular weight is 567 g/mol. The number of methoxy groups -OCH3 is 1. The predicted molar refractivity (Wildman–Crippen MR) is 168 cm³/mol.